The molecule has 0 radical (unpaired) electrons. The first-order chi connectivity index (χ1) is 6.19. The van der Waals surface area contributed by atoms with Gasteiger partial charge >= 0.3 is 0 Å². The van der Waals surface area contributed by atoms with Gasteiger partial charge in [0.15, 0.2) is 0 Å². The lowest BCUT2D eigenvalue weighted by Crippen LogP contribution is -2.06. The average Bonchev–Trinajstić information content (AvgIpc) is 2.85. The Bertz CT molecular complexity index is 370. The lowest BCUT2D eigenvalue weighted by molar-refractivity contribution is 0.597. The summed E-state index contributed by atoms with van der Waals surface area (Å²) in [4.78, 5) is 0. The topological polar surface area (TPSA) is 23.8 Å². The summed E-state index contributed by atoms with van der Waals surface area (Å²) < 4.78 is 14.1. The van der Waals surface area contributed by atoms with Crippen LogP contribution in [0.4, 0.5) is 4.39 Å². The third-order valence-electron chi connectivity index (χ3n) is 2.41. The van der Waals surface area contributed by atoms with Crippen molar-refractivity contribution in [3.8, 4) is 6.07 Å². The van der Waals surface area contributed by atoms with Crippen LogP contribution in [0.2, 0.25) is 0 Å². The van der Waals surface area contributed by atoms with Crippen molar-refractivity contribution < 1.29 is 4.39 Å². The summed E-state index contributed by atoms with van der Waals surface area (Å²) in [6.45, 7) is 0. The molecule has 0 heterocycles. The van der Waals surface area contributed by atoms with Gasteiger partial charge in [-0.2, -0.15) is 5.26 Å². The molecule has 0 unspecified atom stereocenters. The van der Waals surface area contributed by atoms with Crippen molar-refractivity contribution in [3.63, 3.8) is 0 Å². The SMILES string of the molecule is N#CC1(c2c(F)cccc2Br)CC1. The molecule has 1 nitrogen and oxygen atoms in total. The van der Waals surface area contributed by atoms with Gasteiger partial charge in [0.25, 0.3) is 0 Å². The van der Waals surface area contributed by atoms with E-state index in [4.69, 9.17) is 5.26 Å². The van der Waals surface area contributed by atoms with Gasteiger partial charge in [0.1, 0.15) is 5.82 Å². The monoisotopic (exact) mass is 239 g/mol. The second-order valence-electron chi connectivity index (χ2n) is 3.29. The second kappa shape index (κ2) is 2.81. The first-order valence-electron chi connectivity index (χ1n) is 4.05. The molecule has 0 atom stereocenters. The number of benzene rings is 1. The predicted molar refractivity (Wildman–Crippen MR) is 50.6 cm³/mol. The van der Waals surface area contributed by atoms with Gasteiger partial charge in [-0.1, -0.05) is 22.0 Å². The maximum absolute atomic E-state index is 13.4. The quantitative estimate of drug-likeness (QED) is 0.739. The van der Waals surface area contributed by atoms with Crippen LogP contribution in [0.25, 0.3) is 0 Å². The number of nitriles is 1. The number of rotatable bonds is 1. The highest BCUT2D eigenvalue weighted by Crippen LogP contribution is 2.50. The molecule has 1 fully saturated rings. The summed E-state index contributed by atoms with van der Waals surface area (Å²) >= 11 is 3.27. The van der Waals surface area contributed by atoms with E-state index in [9.17, 15) is 4.39 Å². The molecule has 1 saturated carbocycles. The lowest BCUT2D eigenvalue weighted by atomic mass is 9.97. The van der Waals surface area contributed by atoms with Crippen LogP contribution in [-0.4, -0.2) is 0 Å². The zero-order valence-corrected chi connectivity index (χ0v) is 8.44. The smallest absolute Gasteiger partial charge is 0.129 e. The summed E-state index contributed by atoms with van der Waals surface area (Å²) in [6.07, 6.45) is 1.53. The predicted octanol–water partition coefficient (Wildman–Crippen LogP) is 3.14. The Morgan fingerprint density at radius 1 is 1.46 bits per heavy atom. The van der Waals surface area contributed by atoms with Crippen molar-refractivity contribution in [2.45, 2.75) is 18.3 Å². The number of hydrogen-bond donors (Lipinski definition) is 0. The van der Waals surface area contributed by atoms with Crippen LogP contribution in [0.5, 0.6) is 0 Å². The van der Waals surface area contributed by atoms with E-state index in [2.05, 4.69) is 22.0 Å². The zero-order valence-electron chi connectivity index (χ0n) is 6.85. The summed E-state index contributed by atoms with van der Waals surface area (Å²) in [5.41, 5.74) is -0.0259. The molecule has 66 valence electrons. The van der Waals surface area contributed by atoms with E-state index >= 15 is 0 Å². The van der Waals surface area contributed by atoms with Crippen molar-refractivity contribution in [1.82, 2.24) is 0 Å². The van der Waals surface area contributed by atoms with Crippen LogP contribution in [0.1, 0.15) is 18.4 Å². The first kappa shape index (κ1) is 8.71. The van der Waals surface area contributed by atoms with E-state index in [1.54, 1.807) is 12.1 Å². The molecule has 1 aliphatic carbocycles. The van der Waals surface area contributed by atoms with Gasteiger partial charge in [-0.3, -0.25) is 0 Å². The number of halogens is 2. The fraction of sp³-hybridized carbons (Fsp3) is 0.300. The fourth-order valence-electron chi connectivity index (χ4n) is 1.50. The Kier molecular flexibility index (Phi) is 1.88. The fourth-order valence-corrected chi connectivity index (χ4v) is 2.22. The summed E-state index contributed by atoms with van der Waals surface area (Å²) in [7, 11) is 0. The van der Waals surface area contributed by atoms with Crippen LogP contribution >= 0.6 is 15.9 Å². The molecular weight excluding hydrogens is 233 g/mol. The Morgan fingerprint density at radius 2 is 2.15 bits per heavy atom. The molecule has 0 amide bonds. The lowest BCUT2D eigenvalue weighted by Gasteiger charge is -2.09. The molecule has 1 aliphatic rings. The van der Waals surface area contributed by atoms with Gasteiger partial charge in [0.2, 0.25) is 0 Å². The van der Waals surface area contributed by atoms with Gasteiger partial charge in [0.05, 0.1) is 11.5 Å². The van der Waals surface area contributed by atoms with Crippen molar-refractivity contribution >= 4 is 15.9 Å². The van der Waals surface area contributed by atoms with E-state index in [1.165, 1.54) is 6.07 Å². The van der Waals surface area contributed by atoms with Crippen LogP contribution in [0.3, 0.4) is 0 Å². The molecule has 0 aromatic heterocycles. The largest absolute Gasteiger partial charge is 0.207 e. The molecule has 1 aromatic rings. The Morgan fingerprint density at radius 3 is 2.62 bits per heavy atom. The van der Waals surface area contributed by atoms with Crippen molar-refractivity contribution in [3.05, 3.63) is 34.1 Å². The Labute approximate surface area is 84.3 Å². The van der Waals surface area contributed by atoms with E-state index in [-0.39, 0.29) is 5.82 Å². The third-order valence-corrected chi connectivity index (χ3v) is 3.07. The molecule has 0 N–H and O–H groups in total. The van der Waals surface area contributed by atoms with Gasteiger partial charge < -0.3 is 0 Å². The van der Waals surface area contributed by atoms with Crippen molar-refractivity contribution in [1.29, 1.82) is 5.26 Å². The minimum atomic E-state index is -0.551. The van der Waals surface area contributed by atoms with E-state index in [0.717, 1.165) is 12.8 Å². The normalized spacial score (nSPS) is 17.9. The van der Waals surface area contributed by atoms with E-state index < -0.39 is 5.41 Å². The molecule has 2 rings (SSSR count). The highest BCUT2D eigenvalue weighted by atomic mass is 79.9. The maximum atomic E-state index is 13.4. The molecule has 0 spiro atoms. The number of nitrogens with zero attached hydrogens (tertiary/aromatic N) is 1. The van der Waals surface area contributed by atoms with Crippen LogP contribution < -0.4 is 0 Å². The van der Waals surface area contributed by atoms with Gasteiger partial charge in [-0.25, -0.2) is 4.39 Å². The molecule has 3 heteroatoms. The molecule has 13 heavy (non-hydrogen) atoms. The number of hydrogen-bond acceptors (Lipinski definition) is 1. The van der Waals surface area contributed by atoms with Gasteiger partial charge in [-0.15, -0.1) is 0 Å². The Hall–Kier alpha value is -0.880. The molecule has 1 aromatic carbocycles. The zero-order chi connectivity index (χ0) is 9.47. The minimum Gasteiger partial charge on any atom is -0.207 e. The van der Waals surface area contributed by atoms with Gasteiger partial charge in [0, 0.05) is 10.0 Å². The van der Waals surface area contributed by atoms with Crippen molar-refractivity contribution in [2.75, 3.05) is 0 Å². The van der Waals surface area contributed by atoms with Gasteiger partial charge in [-0.05, 0) is 25.0 Å². The first-order valence-corrected chi connectivity index (χ1v) is 4.85. The van der Waals surface area contributed by atoms with Crippen LogP contribution in [-0.2, 0) is 5.41 Å². The second-order valence-corrected chi connectivity index (χ2v) is 4.14. The van der Waals surface area contributed by atoms with Crippen molar-refractivity contribution in [2.24, 2.45) is 0 Å². The van der Waals surface area contributed by atoms with Crippen LogP contribution in [0.15, 0.2) is 22.7 Å². The Balaban J connectivity index is 2.58. The standard InChI is InChI=1S/C10H7BrFN/c11-7-2-1-3-8(12)9(7)10(6-13)4-5-10/h1-3H,4-5H2. The van der Waals surface area contributed by atoms with E-state index in [1.807, 2.05) is 0 Å². The average molecular weight is 240 g/mol. The molecule has 0 aliphatic heterocycles. The van der Waals surface area contributed by atoms with Crippen LogP contribution in [0, 0.1) is 17.1 Å². The minimum absolute atomic E-state index is 0.284. The summed E-state index contributed by atoms with van der Waals surface area (Å²) in [6, 6.07) is 6.99. The molecule has 0 saturated heterocycles. The third kappa shape index (κ3) is 1.26. The molecule has 0 bridgehead atoms. The molecular formula is C10H7BrFN. The summed E-state index contributed by atoms with van der Waals surface area (Å²) in [5.74, 6) is -0.284. The van der Waals surface area contributed by atoms with E-state index in [0.29, 0.717) is 10.0 Å². The summed E-state index contributed by atoms with van der Waals surface area (Å²) in [5, 5.41) is 8.92. The highest BCUT2D eigenvalue weighted by Gasteiger charge is 2.47. The maximum Gasteiger partial charge on any atom is 0.129 e. The highest BCUT2D eigenvalue weighted by molar-refractivity contribution is 9.10.